The molecule has 0 unspecified atom stereocenters. The van der Waals surface area contributed by atoms with E-state index in [4.69, 9.17) is 5.73 Å². The van der Waals surface area contributed by atoms with Gasteiger partial charge in [0.15, 0.2) is 0 Å². The van der Waals surface area contributed by atoms with Crippen LogP contribution < -0.4 is 10.5 Å². The molecule has 100 valence electrons. The second kappa shape index (κ2) is 5.18. The Morgan fingerprint density at radius 3 is 2.53 bits per heavy atom. The largest absolute Gasteiger partial charge is 0.399 e. The van der Waals surface area contributed by atoms with Crippen LogP contribution in [0.5, 0.6) is 0 Å². The van der Waals surface area contributed by atoms with E-state index < -0.39 is 15.8 Å². The number of rotatable bonds is 3. The molecule has 7 heteroatoms. The van der Waals surface area contributed by atoms with Crippen molar-refractivity contribution in [3.8, 4) is 0 Å². The molecule has 0 spiro atoms. The Balaban J connectivity index is 2.35. The minimum Gasteiger partial charge on any atom is -0.399 e. The molecule has 0 heterocycles. The highest BCUT2D eigenvalue weighted by molar-refractivity contribution is 9.10. The number of hydrogen-bond acceptors (Lipinski definition) is 3. The van der Waals surface area contributed by atoms with Crippen molar-refractivity contribution in [2.75, 3.05) is 10.5 Å². The summed E-state index contributed by atoms with van der Waals surface area (Å²) >= 11 is 2.97. The van der Waals surface area contributed by atoms with Crippen LogP contribution in [0.4, 0.5) is 15.8 Å². The number of anilines is 2. The Kier molecular flexibility index (Phi) is 3.77. The van der Waals surface area contributed by atoms with E-state index in [-0.39, 0.29) is 9.37 Å². The fourth-order valence-corrected chi connectivity index (χ4v) is 2.77. The highest BCUT2D eigenvalue weighted by atomic mass is 79.9. The molecule has 0 aliphatic carbocycles. The summed E-state index contributed by atoms with van der Waals surface area (Å²) in [6.07, 6.45) is 0. The number of nitrogens with two attached hydrogens (primary N) is 1. The maximum absolute atomic E-state index is 13.4. The molecule has 0 atom stereocenters. The molecule has 19 heavy (non-hydrogen) atoms. The van der Waals surface area contributed by atoms with Crippen LogP contribution in [0, 0.1) is 5.82 Å². The van der Waals surface area contributed by atoms with E-state index in [1.165, 1.54) is 18.2 Å². The Hall–Kier alpha value is -1.60. The van der Waals surface area contributed by atoms with Crippen molar-refractivity contribution in [2.24, 2.45) is 0 Å². The van der Waals surface area contributed by atoms with E-state index in [1.54, 1.807) is 18.2 Å². The van der Waals surface area contributed by atoms with E-state index in [9.17, 15) is 12.8 Å². The van der Waals surface area contributed by atoms with E-state index in [0.717, 1.165) is 6.07 Å². The van der Waals surface area contributed by atoms with E-state index in [0.29, 0.717) is 11.4 Å². The van der Waals surface area contributed by atoms with Crippen LogP contribution in [-0.4, -0.2) is 8.42 Å². The monoisotopic (exact) mass is 344 g/mol. The van der Waals surface area contributed by atoms with Crippen LogP contribution in [0.25, 0.3) is 0 Å². The first kappa shape index (κ1) is 13.8. The fraction of sp³-hybridized carbons (Fsp3) is 0. The predicted molar refractivity (Wildman–Crippen MR) is 75.8 cm³/mol. The molecule has 0 fully saturated rings. The highest BCUT2D eigenvalue weighted by Gasteiger charge is 2.16. The van der Waals surface area contributed by atoms with Gasteiger partial charge in [-0.3, -0.25) is 4.72 Å². The van der Waals surface area contributed by atoms with Gasteiger partial charge in [0.05, 0.1) is 15.1 Å². The van der Waals surface area contributed by atoms with Gasteiger partial charge in [-0.2, -0.15) is 0 Å². The third kappa shape index (κ3) is 3.24. The molecule has 4 nitrogen and oxygen atoms in total. The van der Waals surface area contributed by atoms with Gasteiger partial charge in [-0.1, -0.05) is 6.07 Å². The first-order valence-corrected chi connectivity index (χ1v) is 7.49. The summed E-state index contributed by atoms with van der Waals surface area (Å²) < 4.78 is 40.0. The van der Waals surface area contributed by atoms with Gasteiger partial charge in [0.2, 0.25) is 0 Å². The van der Waals surface area contributed by atoms with Gasteiger partial charge in [0.25, 0.3) is 10.0 Å². The number of benzene rings is 2. The quantitative estimate of drug-likeness (QED) is 0.840. The minimum atomic E-state index is -3.84. The Labute approximate surface area is 118 Å². The fourth-order valence-electron chi connectivity index (χ4n) is 1.46. The predicted octanol–water partition coefficient (Wildman–Crippen LogP) is 2.97. The molecule has 2 rings (SSSR count). The van der Waals surface area contributed by atoms with Crippen molar-refractivity contribution in [3.63, 3.8) is 0 Å². The standard InChI is InChI=1S/C12H10BrFN2O2S/c13-11-5-4-10(7-12(11)14)19(17,18)16-9-3-1-2-8(15)6-9/h1-7,16H,15H2. The van der Waals surface area contributed by atoms with Crippen LogP contribution in [0.3, 0.4) is 0 Å². The molecule has 2 aromatic rings. The summed E-state index contributed by atoms with van der Waals surface area (Å²) in [5, 5.41) is 0. The molecule has 0 aliphatic rings. The third-order valence-electron chi connectivity index (χ3n) is 2.34. The number of nitrogens with one attached hydrogen (secondary N) is 1. The normalized spacial score (nSPS) is 11.3. The average molecular weight is 345 g/mol. The molecule has 0 saturated carbocycles. The van der Waals surface area contributed by atoms with Crippen LogP contribution in [-0.2, 0) is 10.0 Å². The lowest BCUT2D eigenvalue weighted by molar-refractivity contribution is 0.593. The summed E-state index contributed by atoms with van der Waals surface area (Å²) in [5.74, 6) is -0.643. The molecule has 2 aromatic carbocycles. The SMILES string of the molecule is Nc1cccc(NS(=O)(=O)c2ccc(Br)c(F)c2)c1. The molecule has 0 radical (unpaired) electrons. The highest BCUT2D eigenvalue weighted by Crippen LogP contribution is 2.22. The summed E-state index contributed by atoms with van der Waals surface area (Å²) in [4.78, 5) is -0.157. The third-order valence-corrected chi connectivity index (χ3v) is 4.36. The maximum atomic E-state index is 13.4. The zero-order chi connectivity index (χ0) is 14.0. The van der Waals surface area contributed by atoms with Gasteiger partial charge in [-0.05, 0) is 52.3 Å². The van der Waals surface area contributed by atoms with E-state index in [1.807, 2.05) is 0 Å². The average Bonchev–Trinajstić information content (AvgIpc) is 2.32. The maximum Gasteiger partial charge on any atom is 0.261 e. The van der Waals surface area contributed by atoms with Crippen molar-refractivity contribution in [1.29, 1.82) is 0 Å². The molecular formula is C12H10BrFN2O2S. The first-order valence-electron chi connectivity index (χ1n) is 5.22. The lowest BCUT2D eigenvalue weighted by atomic mass is 10.3. The van der Waals surface area contributed by atoms with Crippen molar-refractivity contribution < 1.29 is 12.8 Å². The smallest absolute Gasteiger partial charge is 0.261 e. The van der Waals surface area contributed by atoms with Crippen molar-refractivity contribution in [1.82, 2.24) is 0 Å². The molecule has 3 N–H and O–H groups in total. The van der Waals surface area contributed by atoms with Crippen molar-refractivity contribution in [3.05, 3.63) is 52.8 Å². The van der Waals surface area contributed by atoms with E-state index in [2.05, 4.69) is 20.7 Å². The summed E-state index contributed by atoms with van der Waals surface area (Å²) in [5.41, 5.74) is 6.31. The number of sulfonamides is 1. The second-order valence-electron chi connectivity index (χ2n) is 3.81. The molecule has 0 amide bonds. The Bertz CT molecular complexity index is 719. The molecule has 0 saturated heterocycles. The number of halogens is 2. The van der Waals surface area contributed by atoms with Gasteiger partial charge in [0.1, 0.15) is 5.82 Å². The van der Waals surface area contributed by atoms with Gasteiger partial charge in [0, 0.05) is 5.69 Å². The molecular weight excluding hydrogens is 335 g/mol. The van der Waals surface area contributed by atoms with Gasteiger partial charge in [-0.15, -0.1) is 0 Å². The Morgan fingerprint density at radius 1 is 1.16 bits per heavy atom. The van der Waals surface area contributed by atoms with Crippen LogP contribution in [0.15, 0.2) is 51.8 Å². The minimum absolute atomic E-state index is 0.157. The summed E-state index contributed by atoms with van der Waals surface area (Å²) in [6.45, 7) is 0. The van der Waals surface area contributed by atoms with Crippen molar-refractivity contribution >= 4 is 37.3 Å². The Morgan fingerprint density at radius 2 is 1.89 bits per heavy atom. The topological polar surface area (TPSA) is 72.2 Å². The van der Waals surface area contributed by atoms with Crippen LogP contribution in [0.2, 0.25) is 0 Å². The summed E-state index contributed by atoms with van der Waals surface area (Å²) in [6, 6.07) is 9.88. The van der Waals surface area contributed by atoms with Gasteiger partial charge >= 0.3 is 0 Å². The van der Waals surface area contributed by atoms with Gasteiger partial charge < -0.3 is 5.73 Å². The number of nitrogen functional groups attached to an aromatic ring is 1. The zero-order valence-corrected chi connectivity index (χ0v) is 12.0. The lowest BCUT2D eigenvalue weighted by Crippen LogP contribution is -2.13. The van der Waals surface area contributed by atoms with Crippen LogP contribution >= 0.6 is 15.9 Å². The number of hydrogen-bond donors (Lipinski definition) is 2. The summed E-state index contributed by atoms with van der Waals surface area (Å²) in [7, 11) is -3.84. The van der Waals surface area contributed by atoms with Gasteiger partial charge in [-0.25, -0.2) is 12.8 Å². The zero-order valence-electron chi connectivity index (χ0n) is 9.60. The first-order chi connectivity index (χ1) is 8.88. The van der Waals surface area contributed by atoms with E-state index >= 15 is 0 Å². The molecule has 0 aliphatic heterocycles. The second-order valence-corrected chi connectivity index (χ2v) is 6.34. The lowest BCUT2D eigenvalue weighted by Gasteiger charge is -2.09. The molecule has 0 bridgehead atoms. The van der Waals surface area contributed by atoms with Crippen molar-refractivity contribution in [2.45, 2.75) is 4.90 Å². The molecule has 0 aromatic heterocycles. The van der Waals surface area contributed by atoms with Crippen LogP contribution in [0.1, 0.15) is 0 Å².